The van der Waals surface area contributed by atoms with Crippen LogP contribution in [0.2, 0.25) is 0 Å². The summed E-state index contributed by atoms with van der Waals surface area (Å²) in [7, 11) is 0. The van der Waals surface area contributed by atoms with Gasteiger partial charge >= 0.3 is 30.9 Å². The van der Waals surface area contributed by atoms with Crippen LogP contribution < -0.4 is 34.8 Å². The first-order valence-electron chi connectivity index (χ1n) is 13.7. The zero-order valence-corrected chi connectivity index (χ0v) is 24.7. The SMILES string of the molecule is Cc1cc(C)c(NC(=O)Nc2cc(-c3ccc(CO)cc3)ccc2C(=O)N[C@H](C(=O)O)C2CCCCC2)c(C)c1.[Li+].[OH-]. The molecule has 1 fully saturated rings. The molecule has 1 aliphatic carbocycles. The minimum absolute atomic E-state index is 0. The second-order valence-corrected chi connectivity index (χ2v) is 10.7. The summed E-state index contributed by atoms with van der Waals surface area (Å²) in [5.41, 5.74) is 6.40. The first-order valence-corrected chi connectivity index (χ1v) is 13.7. The third-order valence-corrected chi connectivity index (χ3v) is 7.57. The summed E-state index contributed by atoms with van der Waals surface area (Å²) in [5.74, 6) is -1.75. The summed E-state index contributed by atoms with van der Waals surface area (Å²) in [4.78, 5) is 38.7. The third kappa shape index (κ3) is 8.46. The zero-order chi connectivity index (χ0) is 28.8. The van der Waals surface area contributed by atoms with Gasteiger partial charge in [0.05, 0.1) is 17.9 Å². The number of urea groups is 1. The molecule has 0 unspecified atom stereocenters. The van der Waals surface area contributed by atoms with Gasteiger partial charge in [-0.25, -0.2) is 9.59 Å². The van der Waals surface area contributed by atoms with E-state index in [9.17, 15) is 24.6 Å². The summed E-state index contributed by atoms with van der Waals surface area (Å²) < 4.78 is 0. The molecule has 0 aliphatic heterocycles. The van der Waals surface area contributed by atoms with E-state index in [0.29, 0.717) is 5.69 Å². The van der Waals surface area contributed by atoms with Crippen molar-refractivity contribution in [3.8, 4) is 11.1 Å². The summed E-state index contributed by atoms with van der Waals surface area (Å²) >= 11 is 0. The zero-order valence-electron chi connectivity index (χ0n) is 24.7. The molecule has 1 atom stereocenters. The molecule has 0 aromatic heterocycles. The van der Waals surface area contributed by atoms with Gasteiger partial charge in [0.15, 0.2) is 0 Å². The number of aliphatic carboxylic acids is 1. The standard InChI is InChI=1S/C32H37N3O5.Li.H2O/c1-19-15-20(2)28(21(3)16-19)35-32(40)33-27-17-25(23-11-9-22(18-36)10-12-23)13-14-26(27)30(37)34-29(31(38)39)24-7-5-4-6-8-24;;/h9-17,24,29,36H,4-8,18H2,1-3H3,(H,34,37)(H,38,39)(H2,33,35,40);;1H2/q;+1;/p-1/t29-;;/m0../s1. The Hall–Kier alpha value is -3.61. The molecule has 1 saturated carbocycles. The third-order valence-electron chi connectivity index (χ3n) is 7.57. The van der Waals surface area contributed by atoms with Crippen LogP contribution in [0.3, 0.4) is 0 Å². The predicted molar refractivity (Wildman–Crippen MR) is 158 cm³/mol. The Labute approximate surface area is 258 Å². The minimum atomic E-state index is -1.06. The van der Waals surface area contributed by atoms with E-state index < -0.39 is 23.9 Å². The van der Waals surface area contributed by atoms with Crippen LogP contribution in [0.15, 0.2) is 54.6 Å². The number of aliphatic hydroxyl groups is 1. The summed E-state index contributed by atoms with van der Waals surface area (Å²) in [6, 6.07) is 14.8. The van der Waals surface area contributed by atoms with Crippen LogP contribution >= 0.6 is 0 Å². The number of nitrogens with one attached hydrogen (secondary N) is 3. The molecule has 0 spiro atoms. The summed E-state index contributed by atoms with van der Waals surface area (Å²) in [6.45, 7) is 5.76. The van der Waals surface area contributed by atoms with Crippen LogP contribution in [-0.2, 0) is 11.4 Å². The first-order chi connectivity index (χ1) is 19.2. The molecule has 218 valence electrons. The van der Waals surface area contributed by atoms with Crippen LogP contribution in [0.1, 0.15) is 64.7 Å². The van der Waals surface area contributed by atoms with Crippen molar-refractivity contribution in [2.75, 3.05) is 10.6 Å². The van der Waals surface area contributed by atoms with Crippen LogP contribution in [0.4, 0.5) is 16.2 Å². The monoisotopic (exact) mass is 567 g/mol. The van der Waals surface area contributed by atoms with E-state index in [-0.39, 0.29) is 48.1 Å². The predicted octanol–water partition coefficient (Wildman–Crippen LogP) is 3.01. The Bertz CT molecular complexity index is 1380. The fourth-order valence-corrected chi connectivity index (χ4v) is 5.54. The molecule has 42 heavy (non-hydrogen) atoms. The van der Waals surface area contributed by atoms with Crippen molar-refractivity contribution < 1.29 is 48.9 Å². The maximum Gasteiger partial charge on any atom is 1.00 e. The number of carboxylic acids is 1. The summed E-state index contributed by atoms with van der Waals surface area (Å²) in [6.07, 6.45) is 4.46. The number of amides is 3. The van der Waals surface area contributed by atoms with Crippen LogP contribution in [0.25, 0.3) is 11.1 Å². The van der Waals surface area contributed by atoms with E-state index in [0.717, 1.165) is 65.5 Å². The largest absolute Gasteiger partial charge is 1.00 e. The normalized spacial score (nSPS) is 13.6. The maximum absolute atomic E-state index is 13.5. The minimum Gasteiger partial charge on any atom is -0.870 e. The molecule has 3 amide bonds. The van der Waals surface area contributed by atoms with Crippen molar-refractivity contribution in [3.05, 3.63) is 82.4 Å². The van der Waals surface area contributed by atoms with Gasteiger partial charge in [0.1, 0.15) is 6.04 Å². The number of aryl methyl sites for hydroxylation is 3. The molecule has 0 radical (unpaired) electrons. The molecule has 4 rings (SSSR count). The van der Waals surface area contributed by atoms with Crippen molar-refractivity contribution in [2.45, 2.75) is 65.5 Å². The Kier molecular flexibility index (Phi) is 12.8. The van der Waals surface area contributed by atoms with E-state index in [1.807, 2.05) is 45.0 Å². The van der Waals surface area contributed by atoms with Crippen LogP contribution in [0, 0.1) is 26.7 Å². The van der Waals surface area contributed by atoms with Gasteiger partial charge < -0.3 is 31.6 Å². The average Bonchev–Trinajstić information content (AvgIpc) is 2.94. The fourth-order valence-electron chi connectivity index (χ4n) is 5.54. The van der Waals surface area contributed by atoms with Gasteiger partial charge in [-0.1, -0.05) is 67.3 Å². The number of carbonyl (C=O) groups excluding carboxylic acids is 2. The molecule has 9 nitrogen and oxygen atoms in total. The molecular formula is C32H38LiN3O6. The molecule has 0 heterocycles. The maximum atomic E-state index is 13.5. The van der Waals surface area contributed by atoms with Gasteiger partial charge in [-0.05, 0) is 79.5 Å². The van der Waals surface area contributed by atoms with Crippen molar-refractivity contribution in [2.24, 2.45) is 5.92 Å². The molecular weight excluding hydrogens is 529 g/mol. The Morgan fingerprint density at radius 3 is 2.02 bits per heavy atom. The van der Waals surface area contributed by atoms with Gasteiger partial charge in [0.25, 0.3) is 5.91 Å². The van der Waals surface area contributed by atoms with Crippen LogP contribution in [-0.4, -0.2) is 39.6 Å². The number of hydrogen-bond donors (Lipinski definition) is 5. The Balaban J connectivity index is 0.00000308. The summed E-state index contributed by atoms with van der Waals surface area (Å²) in [5, 5.41) is 27.7. The number of anilines is 2. The number of aliphatic hydroxyl groups excluding tert-OH is 1. The van der Waals surface area contributed by atoms with E-state index in [4.69, 9.17) is 0 Å². The van der Waals surface area contributed by atoms with Gasteiger partial charge in [-0.3, -0.25) is 4.79 Å². The number of rotatable bonds is 8. The van der Waals surface area contributed by atoms with E-state index in [1.54, 1.807) is 30.3 Å². The second kappa shape index (κ2) is 15.6. The van der Waals surface area contributed by atoms with Gasteiger partial charge in [0, 0.05) is 5.69 Å². The Morgan fingerprint density at radius 1 is 0.857 bits per heavy atom. The molecule has 6 N–H and O–H groups in total. The van der Waals surface area contributed by atoms with Crippen molar-refractivity contribution in [1.82, 2.24) is 5.32 Å². The smallest absolute Gasteiger partial charge is 0.870 e. The number of carboxylic acid groups (broad SMARTS) is 1. The quantitative estimate of drug-likeness (QED) is 0.263. The fraction of sp³-hybridized carbons (Fsp3) is 0.344. The first kappa shape index (κ1) is 34.6. The van der Waals surface area contributed by atoms with E-state index in [1.165, 1.54) is 0 Å². The number of benzene rings is 3. The van der Waals surface area contributed by atoms with Crippen molar-refractivity contribution >= 4 is 29.3 Å². The number of carbonyl (C=O) groups is 3. The van der Waals surface area contributed by atoms with Crippen LogP contribution in [0.5, 0.6) is 0 Å². The van der Waals surface area contributed by atoms with E-state index in [2.05, 4.69) is 16.0 Å². The van der Waals surface area contributed by atoms with Gasteiger partial charge in [-0.15, -0.1) is 0 Å². The molecule has 10 heteroatoms. The van der Waals surface area contributed by atoms with Gasteiger partial charge in [0.2, 0.25) is 0 Å². The van der Waals surface area contributed by atoms with Gasteiger partial charge in [-0.2, -0.15) is 0 Å². The molecule has 3 aromatic rings. The van der Waals surface area contributed by atoms with E-state index >= 15 is 0 Å². The van der Waals surface area contributed by atoms with Crippen molar-refractivity contribution in [1.29, 1.82) is 0 Å². The molecule has 3 aromatic carbocycles. The average molecular weight is 568 g/mol. The second-order valence-electron chi connectivity index (χ2n) is 10.7. The molecule has 0 saturated heterocycles. The number of hydrogen-bond acceptors (Lipinski definition) is 5. The topological polar surface area (TPSA) is 158 Å². The van der Waals surface area contributed by atoms with Crippen molar-refractivity contribution in [3.63, 3.8) is 0 Å². The molecule has 1 aliphatic rings. The Morgan fingerprint density at radius 2 is 1.45 bits per heavy atom. The molecule has 0 bridgehead atoms.